The van der Waals surface area contributed by atoms with Crippen LogP contribution >= 0.6 is 29.4 Å². The molecule has 0 fully saturated rings. The van der Waals surface area contributed by atoms with E-state index >= 15 is 0 Å². The fourth-order valence-corrected chi connectivity index (χ4v) is 10.1. The normalized spacial score (nSPS) is 13.4. The number of phosphoric acid groups is 1. The van der Waals surface area contributed by atoms with Crippen molar-refractivity contribution in [2.75, 3.05) is 32.1 Å². The maximum Gasteiger partial charge on any atom is 0.472 e. The van der Waals surface area contributed by atoms with Gasteiger partial charge in [-0.15, -0.1) is 0 Å². The summed E-state index contributed by atoms with van der Waals surface area (Å²) in [5.41, 5.74) is 0. The Morgan fingerprint density at radius 1 is 0.641 bits per heavy atom. The summed E-state index contributed by atoms with van der Waals surface area (Å²) < 4.78 is 34.0. The Bertz CT molecular complexity index is 1300. The molecule has 0 saturated carbocycles. The van der Waals surface area contributed by atoms with Crippen molar-refractivity contribution < 1.29 is 47.5 Å². The highest BCUT2D eigenvalue weighted by Crippen LogP contribution is 2.43. The van der Waals surface area contributed by atoms with Crippen molar-refractivity contribution in [2.24, 2.45) is 0 Å². The molecule has 64 heavy (non-hydrogen) atoms. The number of hydrogen-bond donors (Lipinski definition) is 3. The van der Waals surface area contributed by atoms with Crippen molar-refractivity contribution in [3.8, 4) is 0 Å². The molecule has 3 N–H and O–H groups in total. The van der Waals surface area contributed by atoms with E-state index in [1.54, 1.807) is 12.3 Å². The van der Waals surface area contributed by atoms with E-state index in [2.05, 4.69) is 24.1 Å². The van der Waals surface area contributed by atoms with Crippen LogP contribution in [0.1, 0.15) is 219 Å². The van der Waals surface area contributed by atoms with Gasteiger partial charge in [-0.2, -0.15) is 0 Å². The van der Waals surface area contributed by atoms with Crippen LogP contribution in [-0.4, -0.2) is 77.2 Å². The molecular weight excluding hydrogens is 872 g/mol. The molecule has 1 rings (SSSR count). The van der Waals surface area contributed by atoms with Crippen molar-refractivity contribution in [1.82, 2.24) is 10.3 Å². The van der Waals surface area contributed by atoms with Gasteiger partial charge in [0.25, 0.3) is 0 Å². The Labute approximate surface area is 396 Å². The molecule has 0 aromatic carbocycles. The third-order valence-corrected chi connectivity index (χ3v) is 14.4. The first-order valence-electron chi connectivity index (χ1n) is 25.3. The monoisotopic (exact) mass is 961 g/mol. The Morgan fingerprint density at radius 3 is 1.53 bits per heavy atom. The van der Waals surface area contributed by atoms with E-state index in [1.165, 1.54) is 163 Å². The molecule has 372 valence electrons. The number of esters is 2. The third-order valence-electron chi connectivity index (χ3n) is 11.2. The van der Waals surface area contributed by atoms with E-state index in [0.29, 0.717) is 12.8 Å². The fourth-order valence-electron chi connectivity index (χ4n) is 7.29. The number of nitrogens with one attached hydrogen (secondary N) is 1. The number of ether oxygens (including phenoxy) is 2. The molecule has 0 radical (unpaired) electrons. The van der Waals surface area contributed by atoms with E-state index in [-0.39, 0.29) is 38.4 Å². The summed E-state index contributed by atoms with van der Waals surface area (Å²) in [4.78, 5) is 51.8. The Kier molecular flexibility index (Phi) is 41.4. The molecule has 3 atom stereocenters. The molecular formula is C49H89N2O10PS2. The summed E-state index contributed by atoms with van der Waals surface area (Å²) in [5, 5.41) is 13.2. The molecule has 1 aromatic heterocycles. The second-order valence-corrected chi connectivity index (χ2v) is 21.0. The first-order chi connectivity index (χ1) is 31.2. The Morgan fingerprint density at radius 2 is 1.09 bits per heavy atom. The average Bonchev–Trinajstić information content (AvgIpc) is 3.28. The lowest BCUT2D eigenvalue weighted by atomic mass is 10.0. The van der Waals surface area contributed by atoms with Crippen LogP contribution in [0.3, 0.4) is 0 Å². The predicted molar refractivity (Wildman–Crippen MR) is 264 cm³/mol. The minimum absolute atomic E-state index is 0.0335. The number of carboxylic acids is 1. The molecule has 1 heterocycles. The van der Waals surface area contributed by atoms with Crippen LogP contribution in [0.4, 0.5) is 0 Å². The van der Waals surface area contributed by atoms with Crippen LogP contribution in [0.5, 0.6) is 0 Å². The van der Waals surface area contributed by atoms with Crippen LogP contribution < -0.4 is 5.32 Å². The smallest absolute Gasteiger partial charge is 0.472 e. The van der Waals surface area contributed by atoms with Crippen molar-refractivity contribution in [3.05, 3.63) is 24.4 Å². The number of carbonyl (C=O) groups is 3. The SMILES string of the molecule is CCCCCCCCCCCCCCCCCC(=O)OC[C@H](COP(=O)(O)OCCNC(CSSc1ccccn1)C(=O)O)OC(=O)CCCCCCCCCCCCCCCCC. The van der Waals surface area contributed by atoms with Gasteiger partial charge in [-0.25, -0.2) is 9.55 Å². The number of unbranched alkanes of at least 4 members (excludes halogenated alkanes) is 28. The lowest BCUT2D eigenvalue weighted by Gasteiger charge is -2.20. The predicted octanol–water partition coefficient (Wildman–Crippen LogP) is 14.0. The molecule has 0 bridgehead atoms. The second-order valence-electron chi connectivity index (χ2n) is 17.2. The zero-order valence-electron chi connectivity index (χ0n) is 40.0. The van der Waals surface area contributed by atoms with Crippen molar-refractivity contribution in [3.63, 3.8) is 0 Å². The molecule has 2 unspecified atom stereocenters. The maximum atomic E-state index is 12.8. The number of rotatable bonds is 48. The van der Waals surface area contributed by atoms with Crippen LogP contribution in [0.2, 0.25) is 0 Å². The molecule has 0 saturated heterocycles. The Hall–Kier alpha value is -1.67. The van der Waals surface area contributed by atoms with Gasteiger partial charge in [0.05, 0.1) is 13.2 Å². The molecule has 0 aliphatic carbocycles. The summed E-state index contributed by atoms with van der Waals surface area (Å²) in [6, 6.07) is 4.54. The zero-order chi connectivity index (χ0) is 46.6. The van der Waals surface area contributed by atoms with Gasteiger partial charge in [0.15, 0.2) is 6.10 Å². The van der Waals surface area contributed by atoms with Crippen molar-refractivity contribution >= 4 is 47.3 Å². The zero-order valence-corrected chi connectivity index (χ0v) is 42.5. The van der Waals surface area contributed by atoms with Crippen LogP contribution in [0.15, 0.2) is 29.4 Å². The lowest BCUT2D eigenvalue weighted by Crippen LogP contribution is -2.40. The fraction of sp³-hybridized carbons (Fsp3) is 0.837. The van der Waals surface area contributed by atoms with Gasteiger partial charge in [0.1, 0.15) is 17.7 Å². The summed E-state index contributed by atoms with van der Waals surface area (Å²) in [6.07, 6.45) is 37.7. The minimum Gasteiger partial charge on any atom is -0.480 e. The molecule has 0 aliphatic heterocycles. The average molecular weight is 961 g/mol. The molecule has 15 heteroatoms. The van der Waals surface area contributed by atoms with Crippen LogP contribution in [0, 0.1) is 0 Å². The number of phosphoric ester groups is 1. The van der Waals surface area contributed by atoms with Gasteiger partial charge in [-0.3, -0.25) is 23.4 Å². The third kappa shape index (κ3) is 39.5. The lowest BCUT2D eigenvalue weighted by molar-refractivity contribution is -0.161. The quantitative estimate of drug-likeness (QED) is 0.0244. The van der Waals surface area contributed by atoms with E-state index in [9.17, 15) is 28.9 Å². The van der Waals surface area contributed by atoms with Gasteiger partial charge in [-0.1, -0.05) is 210 Å². The van der Waals surface area contributed by atoms with E-state index in [0.717, 1.165) is 43.6 Å². The van der Waals surface area contributed by atoms with E-state index < -0.39 is 44.5 Å². The van der Waals surface area contributed by atoms with Crippen LogP contribution in [0.25, 0.3) is 0 Å². The first-order valence-corrected chi connectivity index (χ1v) is 29.1. The Balaban J connectivity index is 2.41. The number of nitrogens with zero attached hydrogens (tertiary/aromatic N) is 1. The number of carboxylic acid groups (broad SMARTS) is 1. The van der Waals surface area contributed by atoms with Crippen molar-refractivity contribution in [1.29, 1.82) is 0 Å². The summed E-state index contributed by atoms with van der Waals surface area (Å²) in [7, 11) is -1.95. The summed E-state index contributed by atoms with van der Waals surface area (Å²) >= 11 is 0. The molecule has 0 amide bonds. The number of hydrogen-bond acceptors (Lipinski definition) is 12. The molecule has 1 aromatic rings. The number of aromatic nitrogens is 1. The highest BCUT2D eigenvalue weighted by atomic mass is 33.1. The topological polar surface area (TPSA) is 171 Å². The van der Waals surface area contributed by atoms with Gasteiger partial charge in [0.2, 0.25) is 0 Å². The van der Waals surface area contributed by atoms with E-state index in [4.69, 9.17) is 18.5 Å². The molecule has 12 nitrogen and oxygen atoms in total. The maximum absolute atomic E-state index is 12.8. The highest BCUT2D eigenvalue weighted by molar-refractivity contribution is 8.76. The van der Waals surface area contributed by atoms with Gasteiger partial charge >= 0.3 is 25.7 Å². The number of aliphatic carboxylic acids is 1. The van der Waals surface area contributed by atoms with Gasteiger partial charge < -0.3 is 24.8 Å². The van der Waals surface area contributed by atoms with E-state index in [1.807, 2.05) is 12.1 Å². The largest absolute Gasteiger partial charge is 0.480 e. The highest BCUT2D eigenvalue weighted by Gasteiger charge is 2.27. The first kappa shape index (κ1) is 60.3. The number of carbonyl (C=O) groups excluding carboxylic acids is 2. The minimum atomic E-state index is -4.62. The van der Waals surface area contributed by atoms with Crippen LogP contribution in [-0.2, 0) is 37.5 Å². The second kappa shape index (κ2) is 43.9. The van der Waals surface area contributed by atoms with Crippen molar-refractivity contribution in [2.45, 2.75) is 236 Å². The van der Waals surface area contributed by atoms with Gasteiger partial charge in [-0.05, 0) is 35.8 Å². The number of pyridine rings is 1. The molecule has 0 aliphatic rings. The molecule has 0 spiro atoms. The standard InChI is InChI=1S/C49H89N2O10PS2/c1-3-5-7-9-11-13-15-17-19-21-23-25-27-29-31-36-47(52)58-41-44(61-48(53)37-32-30-28-26-24-22-20-18-16-14-12-10-8-6-4-2)42-60-62(56,57)59-40-39-50-45(49(54)55)43-63-64-46-35-33-34-38-51-46/h33-35,38,44-45,50H,3-32,36-37,39-43H2,1-2H3,(H,54,55)(H,56,57)/t44-,45?/m1/s1. The van der Waals surface area contributed by atoms with Gasteiger partial charge in [0, 0.05) is 31.3 Å². The summed E-state index contributed by atoms with van der Waals surface area (Å²) in [5.74, 6) is -1.76. The summed E-state index contributed by atoms with van der Waals surface area (Å²) in [6.45, 7) is 3.34.